The van der Waals surface area contributed by atoms with Crippen LogP contribution in [0.25, 0.3) is 5.00 Å². The lowest BCUT2D eigenvalue weighted by molar-refractivity contribution is -0.121. The molecule has 0 radical (unpaired) electrons. The number of nitrogens with zero attached hydrogens (tertiary/aromatic N) is 4. The molecule has 1 aromatic carbocycles. The maximum atomic E-state index is 13.0. The number of rotatable bonds is 11. The first-order valence-corrected chi connectivity index (χ1v) is 13.9. The standard InChI is InChI=1S/C27H35ClN6OS/c1-17-18(2)36-27-24(17)25(20-10-12-21(28)13-11-20)31-22(26-33-32-19(3)34(26)27)16-23(35)30-15-9-7-5-4-6-8-14-29/h10-13,22H,4-9,14-16,29H2,1-3H3,(H,30,35)/t22-/m0/s1. The van der Waals surface area contributed by atoms with Crippen LogP contribution < -0.4 is 11.1 Å². The van der Waals surface area contributed by atoms with Gasteiger partial charge in [-0.05, 0) is 57.9 Å². The third-order valence-electron chi connectivity index (χ3n) is 6.69. The highest BCUT2D eigenvalue weighted by atomic mass is 35.5. The molecule has 2 aromatic heterocycles. The zero-order valence-corrected chi connectivity index (χ0v) is 22.9. The van der Waals surface area contributed by atoms with Gasteiger partial charge in [0.25, 0.3) is 0 Å². The quantitative estimate of drug-likeness (QED) is 0.317. The third-order valence-corrected chi connectivity index (χ3v) is 8.13. The lowest BCUT2D eigenvalue weighted by Crippen LogP contribution is -2.26. The van der Waals surface area contributed by atoms with Gasteiger partial charge < -0.3 is 11.1 Å². The van der Waals surface area contributed by atoms with Gasteiger partial charge in [0.1, 0.15) is 16.9 Å². The third kappa shape index (κ3) is 5.88. The molecule has 0 saturated heterocycles. The minimum Gasteiger partial charge on any atom is -0.356 e. The van der Waals surface area contributed by atoms with Crippen LogP contribution >= 0.6 is 22.9 Å². The minimum atomic E-state index is -0.438. The second kappa shape index (κ2) is 12.1. The number of aliphatic imine (C=N–C) groups is 1. The molecular weight excluding hydrogens is 492 g/mol. The Balaban J connectivity index is 1.56. The molecule has 0 spiro atoms. The van der Waals surface area contributed by atoms with Gasteiger partial charge in [-0.15, -0.1) is 21.5 Å². The summed E-state index contributed by atoms with van der Waals surface area (Å²) in [6.07, 6.45) is 6.96. The number of carbonyl (C=O) groups excluding carboxylic acids is 1. The average molecular weight is 527 g/mol. The number of aryl methyl sites for hydroxylation is 2. The van der Waals surface area contributed by atoms with Crippen LogP contribution in [0, 0.1) is 20.8 Å². The summed E-state index contributed by atoms with van der Waals surface area (Å²) in [5.74, 6) is 1.47. The lowest BCUT2D eigenvalue weighted by atomic mass is 9.99. The van der Waals surface area contributed by atoms with Gasteiger partial charge in [0, 0.05) is 27.6 Å². The highest BCUT2D eigenvalue weighted by molar-refractivity contribution is 7.15. The van der Waals surface area contributed by atoms with Crippen molar-refractivity contribution >= 4 is 34.6 Å². The average Bonchev–Trinajstić information content (AvgIpc) is 3.33. The second-order valence-corrected chi connectivity index (χ2v) is 11.0. The molecule has 1 amide bonds. The normalized spacial score (nSPS) is 14.7. The van der Waals surface area contributed by atoms with Crippen LogP contribution in [0.2, 0.25) is 5.02 Å². The number of amides is 1. The van der Waals surface area contributed by atoms with Gasteiger partial charge in [-0.2, -0.15) is 0 Å². The largest absolute Gasteiger partial charge is 0.356 e. The Bertz CT molecular complexity index is 1230. The van der Waals surface area contributed by atoms with Crippen LogP contribution in [-0.4, -0.2) is 39.5 Å². The Hall–Kier alpha value is -2.55. The van der Waals surface area contributed by atoms with Crippen molar-refractivity contribution in [3.8, 4) is 5.00 Å². The molecule has 7 nitrogen and oxygen atoms in total. The SMILES string of the molecule is Cc1sc2c(c1C)C(c1ccc(Cl)cc1)=N[C@@H](CC(=O)NCCCCCCCCN)c1nnc(C)n1-2. The van der Waals surface area contributed by atoms with E-state index in [1.807, 2.05) is 31.2 Å². The van der Waals surface area contributed by atoms with Gasteiger partial charge in [-0.1, -0.05) is 49.4 Å². The number of nitrogens with one attached hydrogen (secondary N) is 1. The summed E-state index contributed by atoms with van der Waals surface area (Å²) in [6, 6.07) is 7.29. The van der Waals surface area contributed by atoms with E-state index in [0.717, 1.165) is 53.5 Å². The first-order valence-electron chi connectivity index (χ1n) is 12.7. The number of nitrogens with two attached hydrogens (primary N) is 1. The van der Waals surface area contributed by atoms with E-state index in [-0.39, 0.29) is 12.3 Å². The number of unbranched alkanes of at least 4 members (excludes halogenated alkanes) is 5. The van der Waals surface area contributed by atoms with Crippen LogP contribution in [0.4, 0.5) is 0 Å². The van der Waals surface area contributed by atoms with Crippen molar-refractivity contribution in [2.75, 3.05) is 13.1 Å². The molecule has 36 heavy (non-hydrogen) atoms. The van der Waals surface area contributed by atoms with Crippen molar-refractivity contribution in [1.82, 2.24) is 20.1 Å². The molecule has 0 saturated carbocycles. The Labute approximate surface area is 222 Å². The van der Waals surface area contributed by atoms with Gasteiger partial charge in [0.05, 0.1) is 12.1 Å². The van der Waals surface area contributed by atoms with E-state index in [9.17, 15) is 4.79 Å². The van der Waals surface area contributed by atoms with E-state index in [1.165, 1.54) is 29.7 Å². The highest BCUT2D eigenvalue weighted by Gasteiger charge is 2.32. The molecule has 1 aliphatic rings. The second-order valence-electron chi connectivity index (χ2n) is 9.37. The fourth-order valence-corrected chi connectivity index (χ4v) is 5.92. The number of benzene rings is 1. The highest BCUT2D eigenvalue weighted by Crippen LogP contribution is 2.39. The summed E-state index contributed by atoms with van der Waals surface area (Å²) in [5.41, 5.74) is 9.64. The Morgan fingerprint density at radius 2 is 1.75 bits per heavy atom. The van der Waals surface area contributed by atoms with Gasteiger partial charge >= 0.3 is 0 Å². The Morgan fingerprint density at radius 1 is 1.06 bits per heavy atom. The van der Waals surface area contributed by atoms with E-state index < -0.39 is 6.04 Å². The first-order chi connectivity index (χ1) is 17.4. The number of hydrogen-bond donors (Lipinski definition) is 2. The summed E-state index contributed by atoms with van der Waals surface area (Å²) >= 11 is 7.89. The van der Waals surface area contributed by atoms with Crippen molar-refractivity contribution in [3.63, 3.8) is 0 Å². The van der Waals surface area contributed by atoms with Crippen molar-refractivity contribution in [2.24, 2.45) is 10.7 Å². The van der Waals surface area contributed by atoms with Crippen molar-refractivity contribution in [2.45, 2.75) is 71.8 Å². The number of aromatic nitrogens is 3. The lowest BCUT2D eigenvalue weighted by Gasteiger charge is -2.13. The fraction of sp³-hybridized carbons (Fsp3) is 0.481. The molecule has 0 bridgehead atoms. The van der Waals surface area contributed by atoms with E-state index in [2.05, 4.69) is 33.9 Å². The van der Waals surface area contributed by atoms with Gasteiger partial charge in [0.15, 0.2) is 5.82 Å². The van der Waals surface area contributed by atoms with Crippen LogP contribution in [-0.2, 0) is 4.79 Å². The zero-order valence-electron chi connectivity index (χ0n) is 21.3. The monoisotopic (exact) mass is 526 g/mol. The summed E-state index contributed by atoms with van der Waals surface area (Å²) in [6.45, 7) is 7.63. The number of hydrogen-bond acceptors (Lipinski definition) is 6. The summed E-state index contributed by atoms with van der Waals surface area (Å²) in [5, 5.41) is 13.6. The molecular formula is C27H35ClN6OS. The maximum Gasteiger partial charge on any atom is 0.222 e. The van der Waals surface area contributed by atoms with E-state index >= 15 is 0 Å². The van der Waals surface area contributed by atoms with Crippen molar-refractivity contribution in [1.29, 1.82) is 0 Å². The molecule has 0 aliphatic carbocycles. The zero-order chi connectivity index (χ0) is 25.7. The number of carbonyl (C=O) groups is 1. The van der Waals surface area contributed by atoms with E-state index in [1.54, 1.807) is 11.3 Å². The van der Waals surface area contributed by atoms with Gasteiger partial charge in [-0.3, -0.25) is 14.4 Å². The Morgan fingerprint density at radius 3 is 2.47 bits per heavy atom. The van der Waals surface area contributed by atoms with Gasteiger partial charge in [-0.25, -0.2) is 0 Å². The van der Waals surface area contributed by atoms with Crippen molar-refractivity contribution in [3.05, 3.63) is 62.5 Å². The number of halogens is 1. The van der Waals surface area contributed by atoms with Crippen LogP contribution in [0.1, 0.15) is 84.2 Å². The minimum absolute atomic E-state index is 0.0206. The summed E-state index contributed by atoms with van der Waals surface area (Å²) in [4.78, 5) is 19.3. The van der Waals surface area contributed by atoms with E-state index in [0.29, 0.717) is 17.4 Å². The van der Waals surface area contributed by atoms with E-state index in [4.69, 9.17) is 22.3 Å². The molecule has 0 unspecified atom stereocenters. The molecule has 3 heterocycles. The van der Waals surface area contributed by atoms with Crippen LogP contribution in [0.5, 0.6) is 0 Å². The van der Waals surface area contributed by atoms with Gasteiger partial charge in [0.2, 0.25) is 5.91 Å². The van der Waals surface area contributed by atoms with Crippen molar-refractivity contribution < 1.29 is 4.79 Å². The first kappa shape index (κ1) is 26.5. The summed E-state index contributed by atoms with van der Waals surface area (Å²) < 4.78 is 2.08. The predicted octanol–water partition coefficient (Wildman–Crippen LogP) is 5.61. The molecule has 192 valence electrons. The number of thiophene rings is 1. The maximum absolute atomic E-state index is 13.0. The molecule has 1 aliphatic heterocycles. The molecule has 3 aromatic rings. The fourth-order valence-electron chi connectivity index (χ4n) is 4.58. The molecule has 1 atom stereocenters. The smallest absolute Gasteiger partial charge is 0.222 e. The predicted molar refractivity (Wildman–Crippen MR) is 148 cm³/mol. The molecule has 4 rings (SSSR count). The van der Waals surface area contributed by atoms with Crippen LogP contribution in [0.15, 0.2) is 29.3 Å². The topological polar surface area (TPSA) is 98.2 Å². The van der Waals surface area contributed by atoms with Crippen LogP contribution in [0.3, 0.4) is 0 Å². The molecule has 3 N–H and O–H groups in total. The summed E-state index contributed by atoms with van der Waals surface area (Å²) in [7, 11) is 0. The Kier molecular flexibility index (Phi) is 8.93. The molecule has 0 fully saturated rings. The number of fused-ring (bicyclic) bond motifs is 3. The molecule has 9 heteroatoms.